The van der Waals surface area contributed by atoms with Gasteiger partial charge in [0.2, 0.25) is 0 Å². The number of benzene rings is 1. The van der Waals surface area contributed by atoms with Gasteiger partial charge in [-0.1, -0.05) is 12.1 Å². The van der Waals surface area contributed by atoms with Crippen molar-refractivity contribution in [1.82, 2.24) is 4.90 Å². The van der Waals surface area contributed by atoms with E-state index in [1.54, 1.807) is 25.1 Å². The summed E-state index contributed by atoms with van der Waals surface area (Å²) in [6.45, 7) is -0.0903. The lowest BCUT2D eigenvalue weighted by atomic mass is 10.1. The summed E-state index contributed by atoms with van der Waals surface area (Å²) in [5, 5.41) is 9.25. The standard InChI is InChI=1S/C14H21F2NO3/c1-10(18)7-8-17(2)9-11-5-4-6-12(19-3)13(11)20-14(15)16/h4-6,10,14,18H,7-9H2,1-3H3. The van der Waals surface area contributed by atoms with Gasteiger partial charge in [0.25, 0.3) is 0 Å². The van der Waals surface area contributed by atoms with Gasteiger partial charge < -0.3 is 19.5 Å². The Balaban J connectivity index is 2.82. The third kappa shape index (κ3) is 5.30. The van der Waals surface area contributed by atoms with Gasteiger partial charge in [0, 0.05) is 18.7 Å². The van der Waals surface area contributed by atoms with Gasteiger partial charge in [-0.15, -0.1) is 0 Å². The average Bonchev–Trinajstić information content (AvgIpc) is 2.37. The molecule has 0 heterocycles. The minimum absolute atomic E-state index is 0.0638. The summed E-state index contributed by atoms with van der Waals surface area (Å²) in [6.07, 6.45) is 0.227. The third-order valence-electron chi connectivity index (χ3n) is 2.86. The number of halogens is 2. The lowest BCUT2D eigenvalue weighted by Crippen LogP contribution is -2.22. The Labute approximate surface area is 117 Å². The van der Waals surface area contributed by atoms with E-state index >= 15 is 0 Å². The highest BCUT2D eigenvalue weighted by molar-refractivity contribution is 5.46. The molecule has 1 aromatic rings. The second-order valence-electron chi connectivity index (χ2n) is 4.70. The fourth-order valence-corrected chi connectivity index (χ4v) is 1.85. The normalized spacial score (nSPS) is 12.8. The van der Waals surface area contributed by atoms with Gasteiger partial charge in [-0.25, -0.2) is 0 Å². The molecule has 20 heavy (non-hydrogen) atoms. The molecule has 1 rings (SSSR count). The molecule has 0 radical (unpaired) electrons. The van der Waals surface area contributed by atoms with E-state index in [-0.39, 0.29) is 17.6 Å². The average molecular weight is 289 g/mol. The van der Waals surface area contributed by atoms with E-state index < -0.39 is 6.61 Å². The number of nitrogens with zero attached hydrogens (tertiary/aromatic N) is 1. The first kappa shape index (κ1) is 16.7. The van der Waals surface area contributed by atoms with E-state index in [0.717, 1.165) is 0 Å². The molecule has 0 aliphatic carbocycles. The summed E-state index contributed by atoms with van der Waals surface area (Å²) in [7, 11) is 3.27. The van der Waals surface area contributed by atoms with Crippen molar-refractivity contribution >= 4 is 0 Å². The number of aliphatic hydroxyl groups excluding tert-OH is 1. The van der Waals surface area contributed by atoms with Crippen LogP contribution >= 0.6 is 0 Å². The molecule has 0 saturated carbocycles. The van der Waals surface area contributed by atoms with Crippen molar-refractivity contribution in [2.24, 2.45) is 0 Å². The van der Waals surface area contributed by atoms with E-state index in [2.05, 4.69) is 4.74 Å². The van der Waals surface area contributed by atoms with Crippen LogP contribution in [0.15, 0.2) is 18.2 Å². The van der Waals surface area contributed by atoms with Gasteiger partial charge in [-0.3, -0.25) is 0 Å². The predicted octanol–water partition coefficient (Wildman–Crippen LogP) is 2.50. The monoisotopic (exact) mass is 289 g/mol. The van der Waals surface area contributed by atoms with E-state index in [1.165, 1.54) is 7.11 Å². The van der Waals surface area contributed by atoms with Gasteiger partial charge in [-0.05, 0) is 26.5 Å². The molecule has 114 valence electrons. The first-order valence-corrected chi connectivity index (χ1v) is 6.41. The van der Waals surface area contributed by atoms with Crippen molar-refractivity contribution in [2.75, 3.05) is 20.7 Å². The number of ether oxygens (including phenoxy) is 2. The topological polar surface area (TPSA) is 41.9 Å². The molecule has 0 amide bonds. The predicted molar refractivity (Wildman–Crippen MR) is 72.3 cm³/mol. The molecule has 0 aromatic heterocycles. The molecule has 0 aliphatic heterocycles. The lowest BCUT2D eigenvalue weighted by Gasteiger charge is -2.20. The van der Waals surface area contributed by atoms with Crippen LogP contribution in [0.25, 0.3) is 0 Å². The van der Waals surface area contributed by atoms with E-state index in [4.69, 9.17) is 4.74 Å². The van der Waals surface area contributed by atoms with Crippen molar-refractivity contribution in [3.05, 3.63) is 23.8 Å². The van der Waals surface area contributed by atoms with E-state index in [9.17, 15) is 13.9 Å². The molecular formula is C14H21F2NO3. The second kappa shape index (κ2) is 8.01. The fourth-order valence-electron chi connectivity index (χ4n) is 1.85. The van der Waals surface area contributed by atoms with E-state index in [1.807, 2.05) is 11.9 Å². The van der Waals surface area contributed by atoms with Crippen LogP contribution in [0, 0.1) is 0 Å². The fraction of sp³-hybridized carbons (Fsp3) is 0.571. The van der Waals surface area contributed by atoms with Gasteiger partial charge >= 0.3 is 6.61 Å². The number of para-hydroxylation sites is 1. The molecule has 1 N–H and O–H groups in total. The quantitative estimate of drug-likeness (QED) is 0.798. The maximum Gasteiger partial charge on any atom is 0.387 e. The largest absolute Gasteiger partial charge is 0.493 e. The molecule has 0 saturated heterocycles. The van der Waals surface area contributed by atoms with E-state index in [0.29, 0.717) is 25.1 Å². The first-order chi connectivity index (χ1) is 9.43. The second-order valence-corrected chi connectivity index (χ2v) is 4.70. The highest BCUT2D eigenvalue weighted by Gasteiger charge is 2.16. The number of aliphatic hydroxyl groups is 1. The summed E-state index contributed by atoms with van der Waals surface area (Å²) in [6, 6.07) is 5.03. The third-order valence-corrected chi connectivity index (χ3v) is 2.86. The highest BCUT2D eigenvalue weighted by atomic mass is 19.3. The summed E-state index contributed by atoms with van der Waals surface area (Å²) < 4.78 is 34.6. The van der Waals surface area contributed by atoms with Gasteiger partial charge in [-0.2, -0.15) is 8.78 Å². The summed E-state index contributed by atoms with van der Waals surface area (Å²) in [5.41, 5.74) is 0.623. The molecule has 1 atom stereocenters. The molecule has 1 aromatic carbocycles. The van der Waals surface area contributed by atoms with Gasteiger partial charge in [0.05, 0.1) is 13.2 Å². The number of rotatable bonds is 8. The maximum atomic E-state index is 12.5. The summed E-state index contributed by atoms with van der Waals surface area (Å²) in [5.74, 6) is 0.348. The zero-order valence-corrected chi connectivity index (χ0v) is 12.0. The van der Waals surface area contributed by atoms with Gasteiger partial charge in [0.15, 0.2) is 11.5 Å². The Kier molecular flexibility index (Phi) is 6.67. The Hall–Kier alpha value is -1.40. The van der Waals surface area contributed by atoms with Crippen LogP contribution in [-0.4, -0.2) is 43.4 Å². The number of hydrogen-bond donors (Lipinski definition) is 1. The SMILES string of the molecule is COc1cccc(CN(C)CCC(C)O)c1OC(F)F. The first-order valence-electron chi connectivity index (χ1n) is 6.41. The molecular weight excluding hydrogens is 268 g/mol. The summed E-state index contributed by atoms with van der Waals surface area (Å²) in [4.78, 5) is 1.93. The van der Waals surface area contributed by atoms with Crippen LogP contribution in [0.4, 0.5) is 8.78 Å². The van der Waals surface area contributed by atoms with Gasteiger partial charge in [0.1, 0.15) is 0 Å². The zero-order valence-electron chi connectivity index (χ0n) is 12.0. The summed E-state index contributed by atoms with van der Waals surface area (Å²) >= 11 is 0. The Morgan fingerprint density at radius 1 is 1.35 bits per heavy atom. The molecule has 6 heteroatoms. The Morgan fingerprint density at radius 2 is 2.05 bits per heavy atom. The smallest absolute Gasteiger partial charge is 0.387 e. The molecule has 0 fully saturated rings. The van der Waals surface area contributed by atoms with Crippen LogP contribution in [0.1, 0.15) is 18.9 Å². The number of hydrogen-bond acceptors (Lipinski definition) is 4. The lowest BCUT2D eigenvalue weighted by molar-refractivity contribution is -0.0521. The van der Waals surface area contributed by atoms with Crippen LogP contribution in [0.3, 0.4) is 0 Å². The molecule has 1 unspecified atom stereocenters. The minimum Gasteiger partial charge on any atom is -0.493 e. The van der Waals surface area contributed by atoms with Crippen molar-refractivity contribution in [3.63, 3.8) is 0 Å². The van der Waals surface area contributed by atoms with Crippen LogP contribution in [0.2, 0.25) is 0 Å². The van der Waals surface area contributed by atoms with Crippen molar-refractivity contribution in [3.8, 4) is 11.5 Å². The maximum absolute atomic E-state index is 12.5. The Bertz CT molecular complexity index is 413. The molecule has 0 bridgehead atoms. The molecule has 4 nitrogen and oxygen atoms in total. The minimum atomic E-state index is -2.90. The van der Waals surface area contributed by atoms with Crippen molar-refractivity contribution in [2.45, 2.75) is 32.6 Å². The van der Waals surface area contributed by atoms with Crippen LogP contribution in [0.5, 0.6) is 11.5 Å². The molecule has 0 aliphatic rings. The van der Waals surface area contributed by atoms with Crippen LogP contribution in [-0.2, 0) is 6.54 Å². The number of alkyl halides is 2. The van der Waals surface area contributed by atoms with Crippen molar-refractivity contribution < 1.29 is 23.4 Å². The number of methoxy groups -OCH3 is 1. The highest BCUT2D eigenvalue weighted by Crippen LogP contribution is 2.33. The Morgan fingerprint density at radius 3 is 2.60 bits per heavy atom. The van der Waals surface area contributed by atoms with Crippen LogP contribution < -0.4 is 9.47 Å². The zero-order chi connectivity index (χ0) is 15.1. The molecule has 0 spiro atoms. The van der Waals surface area contributed by atoms with Crippen molar-refractivity contribution in [1.29, 1.82) is 0 Å².